The number of hydrogen-bond acceptors (Lipinski definition) is 8. The molecule has 0 fully saturated rings. The number of aromatic nitrogens is 2. The molecule has 0 unspecified atom stereocenters. The van der Waals surface area contributed by atoms with Gasteiger partial charge in [-0.1, -0.05) is 146 Å². The van der Waals surface area contributed by atoms with E-state index in [2.05, 4.69) is 216 Å². The van der Waals surface area contributed by atoms with Crippen LogP contribution in [0.2, 0.25) is 0 Å². The summed E-state index contributed by atoms with van der Waals surface area (Å²) in [5, 5.41) is 1.97. The Hall–Kier alpha value is -9.60. The normalized spacial score (nSPS) is 12.4. The second kappa shape index (κ2) is 18.1. The lowest BCUT2D eigenvalue weighted by Gasteiger charge is -2.33. The molecule has 6 nitrogen and oxygen atoms in total. The molecule has 13 aromatic rings. The third-order valence-electron chi connectivity index (χ3n) is 14.3. The number of anilines is 6. The smallest absolute Gasteiger partial charge is 0.151 e. The van der Waals surface area contributed by atoms with Gasteiger partial charge in [-0.05, 0) is 154 Å². The first-order chi connectivity index (χ1) is 37.6. The van der Waals surface area contributed by atoms with Gasteiger partial charge in [0.1, 0.15) is 10.0 Å². The molecule has 0 spiro atoms. The van der Waals surface area contributed by atoms with Gasteiger partial charge in [-0.2, -0.15) is 0 Å². The second-order valence-corrected chi connectivity index (χ2v) is 20.9. The van der Waals surface area contributed by atoms with Crippen LogP contribution in [-0.2, 0) is 0 Å². The van der Waals surface area contributed by atoms with Gasteiger partial charge in [0.25, 0.3) is 0 Å². The summed E-state index contributed by atoms with van der Waals surface area (Å²) in [6.45, 7) is 0. The first kappa shape index (κ1) is 43.9. The van der Waals surface area contributed by atoms with Crippen LogP contribution in [0.4, 0.5) is 34.1 Å². The summed E-state index contributed by atoms with van der Waals surface area (Å²) in [5.41, 5.74) is 19.0. The van der Waals surface area contributed by atoms with Gasteiger partial charge in [-0.3, -0.25) is 0 Å². The molecular weight excluding hydrogens is 969 g/mol. The molecule has 0 aliphatic carbocycles. The standard InChI is InChI=1S/C68H42N4O2S2/c1-11-29-63-53(19-1)69-67(75-63)47-17-13-15-45(41-47)65-51(43-31-35-49(36-32-43)71-55-21-3-7-25-59(55)73-60-26-8-4-22-56(60)71)39-40-52(66(65)46-16-14-18-48(42-46)68-70-54-20-2-12-30-64(54)76-68)44-33-37-50(38-34-44)72-57-23-5-9-27-61(57)74-62-28-10-6-24-58(62)72/h1-42H. The third-order valence-corrected chi connectivity index (χ3v) is 16.5. The molecule has 4 heterocycles. The summed E-state index contributed by atoms with van der Waals surface area (Å²) in [5.74, 6) is 3.28. The molecule has 0 N–H and O–H groups in total. The van der Waals surface area contributed by atoms with Crippen molar-refractivity contribution in [3.8, 4) is 88.6 Å². The number of ether oxygens (including phenoxy) is 2. The Morgan fingerprint density at radius 2 is 0.632 bits per heavy atom. The Morgan fingerprint density at radius 3 is 1.01 bits per heavy atom. The summed E-state index contributed by atoms with van der Waals surface area (Å²) >= 11 is 3.45. The molecule has 358 valence electrons. The average molecular weight is 1010 g/mol. The summed E-state index contributed by atoms with van der Waals surface area (Å²) in [6.07, 6.45) is 0. The van der Waals surface area contributed by atoms with Gasteiger partial charge < -0.3 is 19.3 Å². The van der Waals surface area contributed by atoms with Crippen molar-refractivity contribution in [1.29, 1.82) is 0 Å². The maximum absolute atomic E-state index is 6.41. The van der Waals surface area contributed by atoms with Gasteiger partial charge in [-0.15, -0.1) is 22.7 Å². The van der Waals surface area contributed by atoms with E-state index in [-0.39, 0.29) is 0 Å². The van der Waals surface area contributed by atoms with E-state index in [1.54, 1.807) is 22.7 Å². The summed E-state index contributed by atoms with van der Waals surface area (Å²) < 4.78 is 15.1. The Bertz CT molecular complexity index is 3950. The fraction of sp³-hybridized carbons (Fsp3) is 0. The number of fused-ring (bicyclic) bond motifs is 6. The molecule has 2 aliphatic rings. The highest BCUT2D eigenvalue weighted by Gasteiger charge is 2.28. The van der Waals surface area contributed by atoms with Crippen molar-refractivity contribution in [2.45, 2.75) is 0 Å². The van der Waals surface area contributed by atoms with E-state index in [4.69, 9.17) is 19.4 Å². The van der Waals surface area contributed by atoms with Crippen molar-refractivity contribution in [2.75, 3.05) is 9.80 Å². The second-order valence-electron chi connectivity index (χ2n) is 18.9. The number of hydrogen-bond donors (Lipinski definition) is 0. The maximum Gasteiger partial charge on any atom is 0.151 e. The Kier molecular flexibility index (Phi) is 10.5. The lowest BCUT2D eigenvalue weighted by molar-refractivity contribution is 0.477. The van der Waals surface area contributed by atoms with Crippen LogP contribution in [0.1, 0.15) is 0 Å². The summed E-state index contributed by atoms with van der Waals surface area (Å²) in [6, 6.07) is 90.2. The summed E-state index contributed by atoms with van der Waals surface area (Å²) in [4.78, 5) is 14.9. The van der Waals surface area contributed by atoms with Crippen LogP contribution in [0.15, 0.2) is 255 Å². The fourth-order valence-electron chi connectivity index (χ4n) is 10.8. The molecule has 76 heavy (non-hydrogen) atoms. The average Bonchev–Trinajstić information content (AvgIpc) is 4.19. The Balaban J connectivity index is 0.944. The monoisotopic (exact) mass is 1010 g/mol. The number of benzene rings is 11. The topological polar surface area (TPSA) is 50.7 Å². The zero-order chi connectivity index (χ0) is 50.1. The predicted octanol–water partition coefficient (Wildman–Crippen LogP) is 20.1. The highest BCUT2D eigenvalue weighted by molar-refractivity contribution is 7.22. The van der Waals surface area contributed by atoms with Crippen molar-refractivity contribution in [3.63, 3.8) is 0 Å². The van der Waals surface area contributed by atoms with Gasteiger partial charge in [0.05, 0.1) is 43.2 Å². The van der Waals surface area contributed by atoms with Crippen LogP contribution in [0.3, 0.4) is 0 Å². The van der Waals surface area contributed by atoms with E-state index in [0.29, 0.717) is 0 Å². The lowest BCUT2D eigenvalue weighted by atomic mass is 9.82. The van der Waals surface area contributed by atoms with Crippen LogP contribution >= 0.6 is 22.7 Å². The quantitative estimate of drug-likeness (QED) is 0.151. The minimum absolute atomic E-state index is 0.821. The molecule has 0 atom stereocenters. The van der Waals surface area contributed by atoms with Gasteiger partial charge in [0.2, 0.25) is 0 Å². The number of rotatable bonds is 8. The maximum atomic E-state index is 6.41. The lowest BCUT2D eigenvalue weighted by Crippen LogP contribution is -2.15. The Labute approximate surface area is 447 Å². The van der Waals surface area contributed by atoms with Crippen LogP contribution in [0, 0.1) is 0 Å². The fourth-order valence-corrected chi connectivity index (χ4v) is 12.8. The molecular formula is C68H42N4O2S2. The highest BCUT2D eigenvalue weighted by atomic mass is 32.1. The first-order valence-corrected chi connectivity index (χ1v) is 26.9. The zero-order valence-corrected chi connectivity index (χ0v) is 42.3. The molecule has 0 bridgehead atoms. The highest BCUT2D eigenvalue weighted by Crippen LogP contribution is 2.54. The summed E-state index contributed by atoms with van der Waals surface area (Å²) in [7, 11) is 0. The van der Waals surface area contributed by atoms with E-state index in [9.17, 15) is 0 Å². The van der Waals surface area contributed by atoms with Gasteiger partial charge in [0, 0.05) is 22.5 Å². The van der Waals surface area contributed by atoms with E-state index in [1.165, 1.54) is 0 Å². The van der Waals surface area contributed by atoms with Crippen LogP contribution < -0.4 is 19.3 Å². The van der Waals surface area contributed by atoms with Crippen molar-refractivity contribution in [3.05, 3.63) is 255 Å². The number of nitrogens with zero attached hydrogens (tertiary/aromatic N) is 4. The van der Waals surface area contributed by atoms with E-state index in [1.807, 2.05) is 48.5 Å². The zero-order valence-electron chi connectivity index (χ0n) is 40.7. The molecule has 8 heteroatoms. The minimum atomic E-state index is 0.821. The molecule has 11 aromatic carbocycles. The molecule has 2 aromatic heterocycles. The molecule has 0 amide bonds. The van der Waals surface area contributed by atoms with Crippen LogP contribution in [0.5, 0.6) is 23.0 Å². The number of thiazole rings is 2. The van der Waals surface area contributed by atoms with Crippen molar-refractivity contribution >= 4 is 77.2 Å². The van der Waals surface area contributed by atoms with Crippen molar-refractivity contribution in [2.24, 2.45) is 0 Å². The molecule has 0 saturated carbocycles. The largest absolute Gasteiger partial charge is 0.453 e. The van der Waals surface area contributed by atoms with Crippen LogP contribution in [-0.4, -0.2) is 9.97 Å². The SMILES string of the molecule is c1cc(-c2nc3ccccc3s2)cc(-c2c(-c3ccc(N4c5ccccc5Oc5ccccc54)cc3)ccc(-c3ccc(N4c5ccccc5Oc5ccccc54)cc3)c2-c2cccc(-c3nc4ccccc4s3)c2)c1. The van der Waals surface area contributed by atoms with Gasteiger partial charge in [0.15, 0.2) is 23.0 Å². The number of para-hydroxylation sites is 10. The molecule has 0 saturated heterocycles. The first-order valence-electron chi connectivity index (χ1n) is 25.3. The van der Waals surface area contributed by atoms with Gasteiger partial charge in [-0.25, -0.2) is 9.97 Å². The molecule has 15 rings (SSSR count). The van der Waals surface area contributed by atoms with E-state index < -0.39 is 0 Å². The molecule has 2 aliphatic heterocycles. The van der Waals surface area contributed by atoms with Crippen molar-refractivity contribution in [1.82, 2.24) is 9.97 Å². The third kappa shape index (κ3) is 7.53. The predicted molar refractivity (Wildman–Crippen MR) is 315 cm³/mol. The van der Waals surface area contributed by atoms with Gasteiger partial charge >= 0.3 is 0 Å². The van der Waals surface area contributed by atoms with E-state index >= 15 is 0 Å². The minimum Gasteiger partial charge on any atom is -0.453 e. The van der Waals surface area contributed by atoms with Crippen molar-refractivity contribution < 1.29 is 9.47 Å². The Morgan fingerprint density at radius 1 is 0.289 bits per heavy atom. The van der Waals surface area contributed by atoms with Crippen LogP contribution in [0.25, 0.3) is 86.1 Å². The van der Waals surface area contributed by atoms with E-state index in [0.717, 1.165) is 143 Å². The molecule has 0 radical (unpaired) electrons.